The molecule has 4 rings (SSSR count). The van der Waals surface area contributed by atoms with E-state index < -0.39 is 17.5 Å². The summed E-state index contributed by atoms with van der Waals surface area (Å²) in [5, 5.41) is 7.78. The number of anilines is 1. The Labute approximate surface area is 168 Å². The topological polar surface area (TPSA) is 37.0 Å². The maximum Gasteiger partial charge on any atom is 0.195 e. The number of para-hydroxylation sites is 1. The fourth-order valence-electron chi connectivity index (χ4n) is 3.97. The molecule has 1 saturated heterocycles. The van der Waals surface area contributed by atoms with Crippen LogP contribution in [0, 0.1) is 23.4 Å². The van der Waals surface area contributed by atoms with E-state index in [4.69, 9.17) is 0 Å². The number of aromatic nitrogens is 1. The van der Waals surface area contributed by atoms with Crippen molar-refractivity contribution in [3.05, 3.63) is 59.9 Å². The fourth-order valence-corrected chi connectivity index (χ4v) is 3.97. The van der Waals surface area contributed by atoms with Gasteiger partial charge in [0.1, 0.15) is 0 Å². The van der Waals surface area contributed by atoms with E-state index in [2.05, 4.69) is 15.6 Å². The standard InChI is InChI=1S/C23H24F3N3/c24-18-10-9-17(22(25)23(18)26)21-13-20(16-7-1-2-8-19(16)29-21)28-12-4-6-15-5-3-11-27-14-15/h1-2,7-10,13,15,27H,3-6,11-12,14H2,(H,28,29). The van der Waals surface area contributed by atoms with E-state index in [0.29, 0.717) is 11.4 Å². The Hall–Kier alpha value is -2.60. The summed E-state index contributed by atoms with van der Waals surface area (Å²) in [7, 11) is 0. The first kappa shape index (κ1) is 19.7. The second-order valence-electron chi connectivity index (χ2n) is 7.58. The zero-order valence-electron chi connectivity index (χ0n) is 16.1. The van der Waals surface area contributed by atoms with Crippen LogP contribution in [-0.4, -0.2) is 24.6 Å². The van der Waals surface area contributed by atoms with Gasteiger partial charge < -0.3 is 10.6 Å². The summed E-state index contributed by atoms with van der Waals surface area (Å²) in [6.07, 6.45) is 4.67. The Balaban J connectivity index is 1.57. The van der Waals surface area contributed by atoms with E-state index in [-0.39, 0.29) is 11.3 Å². The molecule has 3 nitrogen and oxygen atoms in total. The maximum absolute atomic E-state index is 14.3. The minimum atomic E-state index is -1.48. The monoisotopic (exact) mass is 399 g/mol. The second kappa shape index (κ2) is 8.82. The third-order valence-electron chi connectivity index (χ3n) is 5.53. The second-order valence-corrected chi connectivity index (χ2v) is 7.58. The molecule has 1 aliphatic rings. The van der Waals surface area contributed by atoms with Gasteiger partial charge in [-0.1, -0.05) is 18.2 Å². The quantitative estimate of drug-likeness (QED) is 0.424. The molecule has 2 heterocycles. The van der Waals surface area contributed by atoms with E-state index in [1.807, 2.05) is 24.3 Å². The fraction of sp³-hybridized carbons (Fsp3) is 0.348. The van der Waals surface area contributed by atoms with Crippen molar-refractivity contribution in [3.8, 4) is 11.3 Å². The number of nitrogens with one attached hydrogen (secondary N) is 2. The average Bonchev–Trinajstić information content (AvgIpc) is 2.75. The molecule has 3 aromatic rings. The first-order chi connectivity index (χ1) is 14.1. The van der Waals surface area contributed by atoms with E-state index >= 15 is 0 Å². The first-order valence-corrected chi connectivity index (χ1v) is 10.1. The van der Waals surface area contributed by atoms with Crippen molar-refractivity contribution in [1.82, 2.24) is 10.3 Å². The van der Waals surface area contributed by atoms with Crippen LogP contribution in [0.15, 0.2) is 42.5 Å². The van der Waals surface area contributed by atoms with Crippen LogP contribution in [0.3, 0.4) is 0 Å². The van der Waals surface area contributed by atoms with Gasteiger partial charge in [-0.3, -0.25) is 0 Å². The van der Waals surface area contributed by atoms with Gasteiger partial charge in [0, 0.05) is 23.2 Å². The Kier molecular flexibility index (Phi) is 6.00. The van der Waals surface area contributed by atoms with Crippen molar-refractivity contribution in [3.63, 3.8) is 0 Å². The predicted molar refractivity (Wildman–Crippen MR) is 110 cm³/mol. The number of halogens is 3. The smallest absolute Gasteiger partial charge is 0.195 e. The summed E-state index contributed by atoms with van der Waals surface area (Å²) in [6.45, 7) is 2.98. The van der Waals surface area contributed by atoms with Crippen LogP contribution < -0.4 is 10.6 Å². The molecule has 0 saturated carbocycles. The number of hydrogen-bond acceptors (Lipinski definition) is 3. The lowest BCUT2D eigenvalue weighted by molar-refractivity contribution is 0.353. The summed E-state index contributed by atoms with van der Waals surface area (Å²) in [5.41, 5.74) is 1.72. The minimum absolute atomic E-state index is 0.0500. The van der Waals surface area contributed by atoms with Gasteiger partial charge in [-0.2, -0.15) is 0 Å². The van der Waals surface area contributed by atoms with Gasteiger partial charge >= 0.3 is 0 Å². The van der Waals surface area contributed by atoms with E-state index in [9.17, 15) is 13.2 Å². The van der Waals surface area contributed by atoms with Crippen LogP contribution in [0.25, 0.3) is 22.2 Å². The van der Waals surface area contributed by atoms with Crippen molar-refractivity contribution < 1.29 is 13.2 Å². The molecule has 0 spiro atoms. The van der Waals surface area contributed by atoms with Crippen molar-refractivity contribution in [1.29, 1.82) is 0 Å². The Morgan fingerprint density at radius 2 is 1.93 bits per heavy atom. The Bertz CT molecular complexity index is 1000. The predicted octanol–water partition coefficient (Wildman–Crippen LogP) is 5.51. The van der Waals surface area contributed by atoms with Crippen molar-refractivity contribution >= 4 is 16.6 Å². The zero-order chi connectivity index (χ0) is 20.2. The summed E-state index contributed by atoms with van der Waals surface area (Å²) >= 11 is 0. The van der Waals surface area contributed by atoms with Crippen LogP contribution in [0.1, 0.15) is 25.7 Å². The molecule has 0 aliphatic carbocycles. The summed E-state index contributed by atoms with van der Waals surface area (Å²) in [4.78, 5) is 4.46. The molecule has 1 aliphatic heterocycles. The third kappa shape index (κ3) is 4.37. The highest BCUT2D eigenvalue weighted by Gasteiger charge is 2.17. The van der Waals surface area contributed by atoms with Crippen LogP contribution in [0.5, 0.6) is 0 Å². The summed E-state index contributed by atoms with van der Waals surface area (Å²) < 4.78 is 41.3. The van der Waals surface area contributed by atoms with Crippen molar-refractivity contribution in [2.24, 2.45) is 5.92 Å². The molecule has 1 aromatic heterocycles. The number of rotatable bonds is 6. The number of benzene rings is 2. The number of piperidine rings is 1. The molecular formula is C23H24F3N3. The number of nitrogens with zero attached hydrogens (tertiary/aromatic N) is 1. The van der Waals surface area contributed by atoms with Gasteiger partial charge in [-0.05, 0) is 69.0 Å². The highest BCUT2D eigenvalue weighted by atomic mass is 19.2. The minimum Gasteiger partial charge on any atom is -0.384 e. The number of pyridine rings is 1. The maximum atomic E-state index is 14.3. The lowest BCUT2D eigenvalue weighted by Gasteiger charge is -2.22. The molecule has 1 atom stereocenters. The SMILES string of the molecule is Fc1ccc(-c2cc(NCCCC3CCCNC3)c3ccccc3n2)c(F)c1F. The molecule has 6 heteroatoms. The van der Waals surface area contributed by atoms with Crippen LogP contribution in [0.2, 0.25) is 0 Å². The molecule has 152 valence electrons. The molecule has 1 fully saturated rings. The zero-order valence-corrected chi connectivity index (χ0v) is 16.1. The lowest BCUT2D eigenvalue weighted by atomic mass is 9.95. The molecular weight excluding hydrogens is 375 g/mol. The molecule has 29 heavy (non-hydrogen) atoms. The van der Waals surface area contributed by atoms with Gasteiger partial charge in [-0.15, -0.1) is 0 Å². The largest absolute Gasteiger partial charge is 0.384 e. The lowest BCUT2D eigenvalue weighted by Crippen LogP contribution is -2.29. The molecule has 0 amide bonds. The van der Waals surface area contributed by atoms with E-state index in [1.54, 1.807) is 6.07 Å². The number of fused-ring (bicyclic) bond motifs is 1. The first-order valence-electron chi connectivity index (χ1n) is 10.1. The number of hydrogen-bond donors (Lipinski definition) is 2. The van der Waals surface area contributed by atoms with Gasteiger partial charge in [0.05, 0.1) is 11.2 Å². The van der Waals surface area contributed by atoms with E-state index in [0.717, 1.165) is 49.6 Å². The highest BCUT2D eigenvalue weighted by Crippen LogP contribution is 2.31. The van der Waals surface area contributed by atoms with Gasteiger partial charge in [0.2, 0.25) is 0 Å². The van der Waals surface area contributed by atoms with Crippen molar-refractivity contribution in [2.75, 3.05) is 25.0 Å². The van der Waals surface area contributed by atoms with Crippen LogP contribution in [-0.2, 0) is 0 Å². The summed E-state index contributed by atoms with van der Waals surface area (Å²) in [5.74, 6) is -3.19. The molecule has 2 aromatic carbocycles. The third-order valence-corrected chi connectivity index (χ3v) is 5.53. The Morgan fingerprint density at radius 1 is 1.07 bits per heavy atom. The van der Waals surface area contributed by atoms with Crippen LogP contribution in [0.4, 0.5) is 18.9 Å². The van der Waals surface area contributed by atoms with Gasteiger partial charge in [0.15, 0.2) is 17.5 Å². The van der Waals surface area contributed by atoms with Crippen LogP contribution >= 0.6 is 0 Å². The molecule has 2 N–H and O–H groups in total. The summed E-state index contributed by atoms with van der Waals surface area (Å²) in [6, 6.07) is 11.4. The van der Waals surface area contributed by atoms with Crippen molar-refractivity contribution in [2.45, 2.75) is 25.7 Å². The average molecular weight is 399 g/mol. The molecule has 1 unspecified atom stereocenters. The van der Waals surface area contributed by atoms with Gasteiger partial charge in [-0.25, -0.2) is 18.2 Å². The highest BCUT2D eigenvalue weighted by molar-refractivity contribution is 5.93. The Morgan fingerprint density at radius 3 is 2.76 bits per heavy atom. The normalized spacial score (nSPS) is 16.9. The molecule has 0 radical (unpaired) electrons. The van der Waals surface area contributed by atoms with E-state index in [1.165, 1.54) is 18.9 Å². The molecule has 0 bridgehead atoms. The van der Waals surface area contributed by atoms with Gasteiger partial charge in [0.25, 0.3) is 0 Å².